The Hall–Kier alpha value is -1.37. The van der Waals surface area contributed by atoms with Crippen LogP contribution in [0.25, 0.3) is 0 Å². The SMILES string of the molecule is [CH2]c1ccc(C(=O)C(=C)C)cc1. The molecular weight excluding hydrogens is 148 g/mol. The molecule has 0 aliphatic rings. The van der Waals surface area contributed by atoms with E-state index in [1.807, 2.05) is 12.1 Å². The van der Waals surface area contributed by atoms with E-state index in [-0.39, 0.29) is 5.78 Å². The first-order valence-electron chi connectivity index (χ1n) is 3.73. The minimum Gasteiger partial charge on any atom is -0.289 e. The van der Waals surface area contributed by atoms with E-state index < -0.39 is 0 Å². The average Bonchev–Trinajstić information content (AvgIpc) is 2.04. The summed E-state index contributed by atoms with van der Waals surface area (Å²) >= 11 is 0. The molecule has 0 N–H and O–H groups in total. The summed E-state index contributed by atoms with van der Waals surface area (Å²) in [4.78, 5) is 11.3. The maximum Gasteiger partial charge on any atom is 0.188 e. The molecule has 0 saturated heterocycles. The van der Waals surface area contributed by atoms with Crippen LogP contribution in [0.4, 0.5) is 0 Å². The lowest BCUT2D eigenvalue weighted by Crippen LogP contribution is -1.98. The Kier molecular flexibility index (Phi) is 2.44. The van der Waals surface area contributed by atoms with Gasteiger partial charge in [0, 0.05) is 5.56 Å². The fraction of sp³-hybridized carbons (Fsp3) is 0.0909. The van der Waals surface area contributed by atoms with Crippen LogP contribution >= 0.6 is 0 Å². The zero-order valence-electron chi connectivity index (χ0n) is 7.13. The van der Waals surface area contributed by atoms with Crippen LogP contribution in [0.5, 0.6) is 0 Å². The number of carbonyl (C=O) groups is 1. The summed E-state index contributed by atoms with van der Waals surface area (Å²) in [5.41, 5.74) is 2.15. The Balaban J connectivity index is 2.98. The molecule has 0 heterocycles. The number of benzene rings is 1. The Morgan fingerprint density at radius 2 is 1.75 bits per heavy atom. The molecule has 0 amide bonds. The largest absolute Gasteiger partial charge is 0.289 e. The molecule has 0 aliphatic heterocycles. The predicted octanol–water partition coefficient (Wildman–Crippen LogP) is 2.63. The second kappa shape index (κ2) is 3.35. The van der Waals surface area contributed by atoms with Crippen LogP contribution in [-0.4, -0.2) is 5.78 Å². The number of hydrogen-bond donors (Lipinski definition) is 0. The van der Waals surface area contributed by atoms with Crippen molar-refractivity contribution in [3.63, 3.8) is 0 Å². The van der Waals surface area contributed by atoms with E-state index in [1.165, 1.54) is 0 Å². The number of rotatable bonds is 2. The number of carbonyl (C=O) groups excluding carboxylic acids is 1. The van der Waals surface area contributed by atoms with E-state index in [4.69, 9.17) is 0 Å². The van der Waals surface area contributed by atoms with Crippen molar-refractivity contribution in [2.24, 2.45) is 0 Å². The lowest BCUT2D eigenvalue weighted by Gasteiger charge is -1.99. The summed E-state index contributed by atoms with van der Waals surface area (Å²) < 4.78 is 0. The fourth-order valence-corrected chi connectivity index (χ4v) is 0.903. The zero-order chi connectivity index (χ0) is 9.14. The van der Waals surface area contributed by atoms with Gasteiger partial charge in [0.15, 0.2) is 5.78 Å². The lowest BCUT2D eigenvalue weighted by molar-refractivity contribution is 0.103. The number of ketones is 1. The van der Waals surface area contributed by atoms with Gasteiger partial charge in [0.25, 0.3) is 0 Å². The van der Waals surface area contributed by atoms with Crippen LogP contribution < -0.4 is 0 Å². The molecule has 1 aromatic carbocycles. The Bertz CT molecular complexity index is 306. The highest BCUT2D eigenvalue weighted by molar-refractivity contribution is 6.07. The molecule has 0 aliphatic carbocycles. The van der Waals surface area contributed by atoms with Crippen molar-refractivity contribution < 1.29 is 4.79 Å². The topological polar surface area (TPSA) is 17.1 Å². The van der Waals surface area contributed by atoms with E-state index >= 15 is 0 Å². The maximum absolute atomic E-state index is 11.3. The summed E-state index contributed by atoms with van der Waals surface area (Å²) in [6.45, 7) is 9.03. The maximum atomic E-state index is 11.3. The summed E-state index contributed by atoms with van der Waals surface area (Å²) in [5.74, 6) is -0.00463. The minimum atomic E-state index is -0.00463. The Morgan fingerprint density at radius 3 is 2.17 bits per heavy atom. The van der Waals surface area contributed by atoms with Crippen LogP contribution in [0, 0.1) is 6.92 Å². The molecule has 0 atom stereocenters. The third-order valence-electron chi connectivity index (χ3n) is 1.60. The zero-order valence-corrected chi connectivity index (χ0v) is 7.13. The van der Waals surface area contributed by atoms with Gasteiger partial charge < -0.3 is 0 Å². The number of hydrogen-bond acceptors (Lipinski definition) is 1. The average molecular weight is 159 g/mol. The molecule has 0 fully saturated rings. The normalized spacial score (nSPS) is 9.50. The van der Waals surface area contributed by atoms with Crippen molar-refractivity contribution in [2.45, 2.75) is 6.92 Å². The van der Waals surface area contributed by atoms with Crippen molar-refractivity contribution in [1.82, 2.24) is 0 Å². The van der Waals surface area contributed by atoms with Crippen LogP contribution in [0.2, 0.25) is 0 Å². The quantitative estimate of drug-likeness (QED) is 0.479. The van der Waals surface area contributed by atoms with Gasteiger partial charge in [0.1, 0.15) is 0 Å². The molecule has 12 heavy (non-hydrogen) atoms. The van der Waals surface area contributed by atoms with Gasteiger partial charge in [0.05, 0.1) is 0 Å². The van der Waals surface area contributed by atoms with Gasteiger partial charge in [-0.3, -0.25) is 4.79 Å². The predicted molar refractivity (Wildman–Crippen MR) is 50.0 cm³/mol. The highest BCUT2D eigenvalue weighted by Gasteiger charge is 2.04. The van der Waals surface area contributed by atoms with E-state index in [0.717, 1.165) is 5.56 Å². The van der Waals surface area contributed by atoms with Crippen molar-refractivity contribution in [3.8, 4) is 0 Å². The van der Waals surface area contributed by atoms with Crippen molar-refractivity contribution >= 4 is 5.78 Å². The van der Waals surface area contributed by atoms with Crippen LogP contribution in [0.3, 0.4) is 0 Å². The third-order valence-corrected chi connectivity index (χ3v) is 1.60. The monoisotopic (exact) mass is 159 g/mol. The molecule has 0 unspecified atom stereocenters. The molecule has 0 spiro atoms. The lowest BCUT2D eigenvalue weighted by atomic mass is 10.0. The van der Waals surface area contributed by atoms with Crippen molar-refractivity contribution in [3.05, 3.63) is 54.5 Å². The first-order valence-corrected chi connectivity index (χ1v) is 3.73. The Morgan fingerprint density at radius 1 is 1.25 bits per heavy atom. The summed E-state index contributed by atoms with van der Waals surface area (Å²) in [6.07, 6.45) is 0. The Labute approximate surface area is 72.7 Å². The highest BCUT2D eigenvalue weighted by atomic mass is 16.1. The standard InChI is InChI=1S/C11H11O/c1-8(2)11(12)10-6-4-9(3)5-7-10/h4-7H,1,3H2,2H3. The second-order valence-electron chi connectivity index (χ2n) is 2.81. The molecule has 0 bridgehead atoms. The highest BCUT2D eigenvalue weighted by Crippen LogP contribution is 2.07. The number of Topliss-reactive ketones (excluding diaryl/α,β-unsaturated/α-hetero) is 1. The van der Waals surface area contributed by atoms with Gasteiger partial charge in [-0.05, 0) is 25.0 Å². The summed E-state index contributed by atoms with van der Waals surface area (Å²) in [6, 6.07) is 7.16. The van der Waals surface area contributed by atoms with E-state index in [2.05, 4.69) is 13.5 Å². The molecule has 1 heteroatoms. The fourth-order valence-electron chi connectivity index (χ4n) is 0.903. The van der Waals surface area contributed by atoms with Crippen LogP contribution in [-0.2, 0) is 0 Å². The molecule has 1 aromatic rings. The molecule has 0 aromatic heterocycles. The van der Waals surface area contributed by atoms with Crippen LogP contribution in [0.1, 0.15) is 22.8 Å². The van der Waals surface area contributed by atoms with E-state index in [1.54, 1.807) is 19.1 Å². The van der Waals surface area contributed by atoms with Gasteiger partial charge in [-0.2, -0.15) is 0 Å². The molecule has 0 saturated carbocycles. The second-order valence-corrected chi connectivity index (χ2v) is 2.81. The van der Waals surface area contributed by atoms with Gasteiger partial charge in [-0.15, -0.1) is 0 Å². The van der Waals surface area contributed by atoms with Gasteiger partial charge in [-0.25, -0.2) is 0 Å². The third kappa shape index (κ3) is 1.82. The van der Waals surface area contributed by atoms with Gasteiger partial charge >= 0.3 is 0 Å². The molecule has 61 valence electrons. The first kappa shape index (κ1) is 8.72. The first-order chi connectivity index (χ1) is 5.61. The molecular formula is C11H11O. The molecule has 1 rings (SSSR count). The van der Waals surface area contributed by atoms with E-state index in [0.29, 0.717) is 11.1 Å². The smallest absolute Gasteiger partial charge is 0.188 e. The van der Waals surface area contributed by atoms with E-state index in [9.17, 15) is 4.79 Å². The molecule has 1 radical (unpaired) electrons. The molecule has 1 nitrogen and oxygen atoms in total. The summed E-state index contributed by atoms with van der Waals surface area (Å²) in [7, 11) is 0. The summed E-state index contributed by atoms with van der Waals surface area (Å²) in [5, 5.41) is 0. The minimum absolute atomic E-state index is 0.00463. The van der Waals surface area contributed by atoms with Crippen molar-refractivity contribution in [1.29, 1.82) is 0 Å². The van der Waals surface area contributed by atoms with Crippen molar-refractivity contribution in [2.75, 3.05) is 0 Å². The van der Waals surface area contributed by atoms with Gasteiger partial charge in [0.2, 0.25) is 0 Å². The number of allylic oxidation sites excluding steroid dienone is 1. The van der Waals surface area contributed by atoms with Gasteiger partial charge in [-0.1, -0.05) is 30.8 Å². The van der Waals surface area contributed by atoms with Crippen LogP contribution in [0.15, 0.2) is 36.4 Å².